The van der Waals surface area contributed by atoms with Gasteiger partial charge in [0.1, 0.15) is 0 Å². The zero-order valence-corrected chi connectivity index (χ0v) is 11.2. The molecule has 0 N–H and O–H groups in total. The van der Waals surface area contributed by atoms with Crippen molar-refractivity contribution in [1.82, 2.24) is 0 Å². The number of halogens is 2. The van der Waals surface area contributed by atoms with Crippen LogP contribution >= 0.6 is 31.9 Å². The van der Waals surface area contributed by atoms with Crippen molar-refractivity contribution in [2.45, 2.75) is 22.5 Å². The molecular formula is C8H12Br2O4. The maximum absolute atomic E-state index is 10.9. The van der Waals surface area contributed by atoms with Crippen LogP contribution in [-0.2, 0) is 19.1 Å². The summed E-state index contributed by atoms with van der Waals surface area (Å²) in [6.45, 7) is 0. The van der Waals surface area contributed by atoms with Crippen molar-refractivity contribution in [3.05, 3.63) is 0 Å². The average molecular weight is 332 g/mol. The minimum absolute atomic E-state index is 0.153. The molecular weight excluding hydrogens is 320 g/mol. The standard InChI is InChI=1S/C8H12Br2O4/c1-13-6(11)3-4-8(9,10)5-7(12)14-2/h3-5H2,1-2H3. The Morgan fingerprint density at radius 2 is 1.64 bits per heavy atom. The number of carbonyl (C=O) groups excluding carboxylic acids is 2. The average Bonchev–Trinajstić information content (AvgIpc) is 2.13. The molecule has 0 rings (SSSR count). The first-order valence-electron chi connectivity index (χ1n) is 3.93. The SMILES string of the molecule is COC(=O)CCC(Br)(Br)CC(=O)OC. The summed E-state index contributed by atoms with van der Waals surface area (Å²) in [7, 11) is 2.64. The molecule has 0 heterocycles. The van der Waals surface area contributed by atoms with Crippen molar-refractivity contribution in [3.8, 4) is 0 Å². The predicted molar refractivity (Wildman–Crippen MR) is 58.5 cm³/mol. The lowest BCUT2D eigenvalue weighted by molar-refractivity contribution is -0.142. The smallest absolute Gasteiger partial charge is 0.307 e. The second kappa shape index (κ2) is 6.40. The van der Waals surface area contributed by atoms with E-state index >= 15 is 0 Å². The second-order valence-electron chi connectivity index (χ2n) is 2.68. The molecule has 0 atom stereocenters. The molecule has 0 aromatic rings. The fourth-order valence-electron chi connectivity index (χ4n) is 0.759. The van der Waals surface area contributed by atoms with Gasteiger partial charge in [-0.1, -0.05) is 31.9 Å². The van der Waals surface area contributed by atoms with E-state index in [1.54, 1.807) is 0 Å². The van der Waals surface area contributed by atoms with Gasteiger partial charge in [0.25, 0.3) is 0 Å². The molecule has 0 amide bonds. The number of ether oxygens (including phenoxy) is 2. The zero-order chi connectivity index (χ0) is 11.2. The van der Waals surface area contributed by atoms with Gasteiger partial charge in [-0.15, -0.1) is 0 Å². The number of methoxy groups -OCH3 is 2. The van der Waals surface area contributed by atoms with Gasteiger partial charge in [-0.05, 0) is 6.42 Å². The van der Waals surface area contributed by atoms with Gasteiger partial charge in [0.05, 0.1) is 23.9 Å². The first-order valence-corrected chi connectivity index (χ1v) is 5.51. The molecule has 0 fully saturated rings. The maximum Gasteiger partial charge on any atom is 0.307 e. The van der Waals surface area contributed by atoms with E-state index in [0.717, 1.165) is 0 Å². The van der Waals surface area contributed by atoms with Crippen molar-refractivity contribution in [2.75, 3.05) is 14.2 Å². The molecule has 0 aliphatic rings. The Hall–Kier alpha value is -0.100. The molecule has 0 spiro atoms. The Morgan fingerprint density at radius 3 is 2.07 bits per heavy atom. The van der Waals surface area contributed by atoms with Crippen molar-refractivity contribution in [3.63, 3.8) is 0 Å². The summed E-state index contributed by atoms with van der Waals surface area (Å²) in [6, 6.07) is 0. The van der Waals surface area contributed by atoms with Gasteiger partial charge >= 0.3 is 11.9 Å². The Balaban J connectivity index is 3.94. The molecule has 0 bridgehead atoms. The molecule has 0 aromatic carbocycles. The molecule has 6 heteroatoms. The lowest BCUT2D eigenvalue weighted by Crippen LogP contribution is -2.19. The normalized spacial score (nSPS) is 10.9. The topological polar surface area (TPSA) is 52.6 Å². The monoisotopic (exact) mass is 330 g/mol. The molecule has 0 aliphatic heterocycles. The minimum Gasteiger partial charge on any atom is -0.469 e. The summed E-state index contributed by atoms with van der Waals surface area (Å²) in [6.07, 6.45) is 0.846. The highest BCUT2D eigenvalue weighted by molar-refractivity contribution is 9.25. The number of alkyl halides is 2. The molecule has 0 saturated heterocycles. The minimum atomic E-state index is -0.596. The van der Waals surface area contributed by atoms with E-state index in [4.69, 9.17) is 0 Å². The number of hydrogen-bond acceptors (Lipinski definition) is 4. The van der Waals surface area contributed by atoms with E-state index in [1.165, 1.54) is 14.2 Å². The summed E-state index contributed by atoms with van der Waals surface area (Å²) in [5.41, 5.74) is 0. The number of esters is 2. The summed E-state index contributed by atoms with van der Waals surface area (Å²) in [5, 5.41) is 0. The van der Waals surface area contributed by atoms with Crippen LogP contribution in [0.3, 0.4) is 0 Å². The van der Waals surface area contributed by atoms with Gasteiger partial charge in [0.2, 0.25) is 0 Å². The van der Waals surface area contributed by atoms with Crippen LogP contribution in [0.2, 0.25) is 0 Å². The Labute approximate surface area is 99.6 Å². The summed E-state index contributed by atoms with van der Waals surface area (Å²) >= 11 is 6.58. The third-order valence-corrected chi connectivity index (χ3v) is 2.91. The molecule has 0 aromatic heterocycles. The van der Waals surface area contributed by atoms with E-state index < -0.39 is 3.23 Å². The van der Waals surface area contributed by atoms with Crippen LogP contribution in [0, 0.1) is 0 Å². The summed E-state index contributed by atoms with van der Waals surface area (Å²) < 4.78 is 8.39. The first kappa shape index (κ1) is 13.9. The lowest BCUT2D eigenvalue weighted by atomic mass is 10.2. The highest BCUT2D eigenvalue weighted by atomic mass is 79.9. The van der Waals surface area contributed by atoms with Gasteiger partial charge in [0.15, 0.2) is 0 Å². The predicted octanol–water partition coefficient (Wildman–Crippen LogP) is 1.99. The van der Waals surface area contributed by atoms with E-state index in [9.17, 15) is 9.59 Å². The van der Waals surface area contributed by atoms with E-state index in [2.05, 4.69) is 41.3 Å². The zero-order valence-electron chi connectivity index (χ0n) is 8.01. The third kappa shape index (κ3) is 6.37. The Kier molecular flexibility index (Phi) is 6.35. The number of hydrogen-bond donors (Lipinski definition) is 0. The first-order chi connectivity index (χ1) is 6.41. The van der Waals surface area contributed by atoms with Crippen LogP contribution in [0.1, 0.15) is 19.3 Å². The van der Waals surface area contributed by atoms with Crippen molar-refractivity contribution < 1.29 is 19.1 Å². The van der Waals surface area contributed by atoms with Crippen LogP contribution in [-0.4, -0.2) is 29.4 Å². The summed E-state index contributed by atoms with van der Waals surface area (Å²) in [5.74, 6) is -0.651. The van der Waals surface area contributed by atoms with Crippen LogP contribution in [0.4, 0.5) is 0 Å². The highest BCUT2D eigenvalue weighted by Crippen LogP contribution is 2.35. The highest BCUT2D eigenvalue weighted by Gasteiger charge is 2.27. The second-order valence-corrected chi connectivity index (χ2v) is 6.79. The van der Waals surface area contributed by atoms with Gasteiger partial charge in [-0.25, -0.2) is 0 Å². The molecule has 82 valence electrons. The van der Waals surface area contributed by atoms with Crippen LogP contribution < -0.4 is 0 Å². The van der Waals surface area contributed by atoms with Gasteiger partial charge < -0.3 is 9.47 Å². The fourth-order valence-corrected chi connectivity index (χ4v) is 1.61. The molecule has 0 radical (unpaired) electrons. The molecule has 0 aliphatic carbocycles. The largest absolute Gasteiger partial charge is 0.469 e. The van der Waals surface area contributed by atoms with Crippen LogP contribution in [0.5, 0.6) is 0 Å². The quantitative estimate of drug-likeness (QED) is 0.571. The Morgan fingerprint density at radius 1 is 1.14 bits per heavy atom. The van der Waals surface area contributed by atoms with Gasteiger partial charge in [-0.2, -0.15) is 0 Å². The molecule has 0 saturated carbocycles. The van der Waals surface area contributed by atoms with Crippen LogP contribution in [0.15, 0.2) is 0 Å². The van der Waals surface area contributed by atoms with Crippen molar-refractivity contribution in [2.24, 2.45) is 0 Å². The molecule has 4 nitrogen and oxygen atoms in total. The fraction of sp³-hybridized carbons (Fsp3) is 0.750. The number of carbonyl (C=O) groups is 2. The van der Waals surface area contributed by atoms with Crippen LogP contribution in [0.25, 0.3) is 0 Å². The number of rotatable bonds is 5. The van der Waals surface area contributed by atoms with Gasteiger partial charge in [0, 0.05) is 6.42 Å². The molecule has 14 heavy (non-hydrogen) atoms. The van der Waals surface area contributed by atoms with E-state index in [-0.39, 0.29) is 24.8 Å². The third-order valence-electron chi connectivity index (χ3n) is 1.55. The van der Waals surface area contributed by atoms with Crippen molar-refractivity contribution >= 4 is 43.8 Å². The van der Waals surface area contributed by atoms with E-state index in [0.29, 0.717) is 6.42 Å². The summed E-state index contributed by atoms with van der Waals surface area (Å²) in [4.78, 5) is 21.8. The Bertz CT molecular complexity index is 215. The maximum atomic E-state index is 10.9. The van der Waals surface area contributed by atoms with Crippen molar-refractivity contribution in [1.29, 1.82) is 0 Å². The van der Waals surface area contributed by atoms with E-state index in [1.807, 2.05) is 0 Å². The molecule has 0 unspecified atom stereocenters. The lowest BCUT2D eigenvalue weighted by Gasteiger charge is -2.17. The van der Waals surface area contributed by atoms with Gasteiger partial charge in [-0.3, -0.25) is 9.59 Å².